The average molecular weight is 458 g/mol. The van der Waals surface area contributed by atoms with E-state index in [9.17, 15) is 10.2 Å². The predicted molar refractivity (Wildman–Crippen MR) is 131 cm³/mol. The Kier molecular flexibility index (Phi) is 6.68. The molecule has 4 rings (SSSR count). The van der Waals surface area contributed by atoms with Gasteiger partial charge >= 0.3 is 0 Å². The third-order valence-electron chi connectivity index (χ3n) is 4.86. The van der Waals surface area contributed by atoms with Crippen LogP contribution in [0.4, 0.5) is 11.6 Å². The van der Waals surface area contributed by atoms with Gasteiger partial charge in [0.05, 0.1) is 26.6 Å². The van der Waals surface area contributed by atoms with Crippen LogP contribution in [0.1, 0.15) is 11.1 Å². The fraction of sp³-hybridized carbons (Fsp3) is 0.0833. The molecule has 0 radical (unpaired) electrons. The van der Waals surface area contributed by atoms with Gasteiger partial charge in [0.25, 0.3) is 0 Å². The summed E-state index contributed by atoms with van der Waals surface area (Å²) >= 11 is 0. The monoisotopic (exact) mass is 458 g/mol. The Morgan fingerprint density at radius 1 is 0.706 bits per heavy atom. The Balaban J connectivity index is 1.51. The van der Waals surface area contributed by atoms with Crippen LogP contribution in [0, 0.1) is 0 Å². The molecule has 0 aliphatic carbocycles. The maximum Gasteiger partial charge on any atom is 0.176 e. The number of methoxy groups -OCH3 is 2. The molecule has 34 heavy (non-hydrogen) atoms. The Labute approximate surface area is 195 Å². The van der Waals surface area contributed by atoms with Gasteiger partial charge in [0.1, 0.15) is 0 Å². The third kappa shape index (κ3) is 4.96. The number of anilines is 2. The van der Waals surface area contributed by atoms with E-state index >= 15 is 0 Å². The van der Waals surface area contributed by atoms with E-state index < -0.39 is 0 Å². The lowest BCUT2D eigenvalue weighted by atomic mass is 10.2. The van der Waals surface area contributed by atoms with Gasteiger partial charge in [-0.15, -0.1) is 10.2 Å². The van der Waals surface area contributed by atoms with Crippen LogP contribution in [-0.4, -0.2) is 47.1 Å². The first-order valence-corrected chi connectivity index (χ1v) is 10.2. The Bertz CT molecular complexity index is 1270. The lowest BCUT2D eigenvalue weighted by molar-refractivity contribution is 0.373. The number of rotatable bonds is 8. The molecule has 1 aromatic heterocycles. The number of phenols is 2. The molecule has 0 aliphatic heterocycles. The van der Waals surface area contributed by atoms with Crippen molar-refractivity contribution in [3.05, 3.63) is 71.8 Å². The molecular formula is C24H22N6O4. The molecule has 0 bridgehead atoms. The summed E-state index contributed by atoms with van der Waals surface area (Å²) < 4.78 is 10.1. The van der Waals surface area contributed by atoms with Crippen LogP contribution < -0.4 is 20.3 Å². The van der Waals surface area contributed by atoms with Gasteiger partial charge in [0, 0.05) is 10.8 Å². The average Bonchev–Trinajstić information content (AvgIpc) is 2.85. The van der Waals surface area contributed by atoms with Crippen LogP contribution in [0.2, 0.25) is 0 Å². The van der Waals surface area contributed by atoms with Crippen LogP contribution in [0.15, 0.2) is 70.9 Å². The number of hydrogen-bond acceptors (Lipinski definition) is 10. The van der Waals surface area contributed by atoms with Gasteiger partial charge in [-0.2, -0.15) is 10.2 Å². The summed E-state index contributed by atoms with van der Waals surface area (Å²) in [6.45, 7) is 0. The van der Waals surface area contributed by atoms with E-state index in [-0.39, 0.29) is 11.5 Å². The van der Waals surface area contributed by atoms with E-state index in [0.29, 0.717) is 34.3 Å². The molecule has 0 amide bonds. The maximum absolute atomic E-state index is 9.89. The minimum absolute atomic E-state index is 0.0255. The summed E-state index contributed by atoms with van der Waals surface area (Å²) in [5, 5.41) is 38.2. The number of fused-ring (bicyclic) bond motifs is 1. The highest BCUT2D eigenvalue weighted by Gasteiger charge is 2.08. The number of hydrazone groups is 2. The number of nitrogens with one attached hydrogen (secondary N) is 2. The Hall–Kier alpha value is -4.86. The minimum atomic E-state index is 0.0255. The fourth-order valence-corrected chi connectivity index (χ4v) is 3.18. The van der Waals surface area contributed by atoms with Gasteiger partial charge < -0.3 is 19.7 Å². The zero-order chi connectivity index (χ0) is 23.9. The van der Waals surface area contributed by atoms with Gasteiger partial charge in [-0.25, -0.2) is 0 Å². The number of hydrogen-bond donors (Lipinski definition) is 4. The number of aromatic nitrogens is 2. The third-order valence-corrected chi connectivity index (χ3v) is 4.86. The molecule has 0 saturated carbocycles. The molecule has 10 nitrogen and oxygen atoms in total. The van der Waals surface area contributed by atoms with E-state index in [0.717, 1.165) is 10.8 Å². The summed E-state index contributed by atoms with van der Waals surface area (Å²) in [6.07, 6.45) is 3.10. The number of benzene rings is 3. The van der Waals surface area contributed by atoms with E-state index in [1.165, 1.54) is 14.2 Å². The quantitative estimate of drug-likeness (QED) is 0.230. The van der Waals surface area contributed by atoms with Crippen molar-refractivity contribution in [2.24, 2.45) is 10.2 Å². The second kappa shape index (κ2) is 10.2. The number of ether oxygens (including phenoxy) is 2. The lowest BCUT2D eigenvalue weighted by Gasteiger charge is -2.08. The summed E-state index contributed by atoms with van der Waals surface area (Å²) in [7, 11) is 2.98. The van der Waals surface area contributed by atoms with Crippen molar-refractivity contribution in [2.45, 2.75) is 0 Å². The van der Waals surface area contributed by atoms with Crippen LogP contribution in [0.3, 0.4) is 0 Å². The molecule has 172 valence electrons. The molecule has 0 spiro atoms. The molecular weight excluding hydrogens is 436 g/mol. The van der Waals surface area contributed by atoms with E-state index in [1.807, 2.05) is 24.3 Å². The summed E-state index contributed by atoms with van der Waals surface area (Å²) in [5.41, 5.74) is 7.14. The van der Waals surface area contributed by atoms with Crippen molar-refractivity contribution < 1.29 is 19.7 Å². The summed E-state index contributed by atoms with van der Waals surface area (Å²) in [6, 6.07) is 17.5. The maximum atomic E-state index is 9.89. The van der Waals surface area contributed by atoms with Crippen molar-refractivity contribution in [3.8, 4) is 23.0 Å². The number of aromatic hydroxyl groups is 2. The standard InChI is InChI=1S/C24H22N6O4/c1-33-21-9-7-15(11-19(21)31)13-25-27-23-17-5-3-4-6-18(17)24(30-29-23)28-26-14-16-8-10-22(34-2)20(32)12-16/h3-14,31-32H,1-2H3,(H,27,29)(H,28,30)/b25-13-,26-14-. The zero-order valence-electron chi connectivity index (χ0n) is 18.4. The zero-order valence-corrected chi connectivity index (χ0v) is 18.4. The first kappa shape index (κ1) is 22.3. The molecule has 0 aliphatic rings. The smallest absolute Gasteiger partial charge is 0.176 e. The molecule has 10 heteroatoms. The van der Waals surface area contributed by atoms with Crippen LogP contribution in [0.25, 0.3) is 10.8 Å². The molecule has 3 aromatic carbocycles. The van der Waals surface area contributed by atoms with Gasteiger partial charge in [-0.3, -0.25) is 10.9 Å². The molecule has 0 saturated heterocycles. The highest BCUT2D eigenvalue weighted by molar-refractivity contribution is 5.98. The van der Waals surface area contributed by atoms with Crippen molar-refractivity contribution >= 4 is 34.8 Å². The second-order valence-corrected chi connectivity index (χ2v) is 7.05. The van der Waals surface area contributed by atoms with Crippen molar-refractivity contribution in [1.82, 2.24) is 10.2 Å². The van der Waals surface area contributed by atoms with Crippen molar-refractivity contribution in [3.63, 3.8) is 0 Å². The normalized spacial score (nSPS) is 11.2. The number of phenolic OH excluding ortho intramolecular Hbond substituents is 2. The highest BCUT2D eigenvalue weighted by Crippen LogP contribution is 2.28. The van der Waals surface area contributed by atoms with Gasteiger partial charge in [-0.05, 0) is 47.5 Å². The summed E-state index contributed by atoms with van der Waals surface area (Å²) in [5.74, 6) is 1.74. The van der Waals surface area contributed by atoms with Crippen molar-refractivity contribution in [1.29, 1.82) is 0 Å². The summed E-state index contributed by atoms with van der Waals surface area (Å²) in [4.78, 5) is 0. The number of nitrogens with zero attached hydrogens (tertiary/aromatic N) is 4. The van der Waals surface area contributed by atoms with Gasteiger partial charge in [0.2, 0.25) is 0 Å². The molecule has 0 atom stereocenters. The molecule has 0 fully saturated rings. The largest absolute Gasteiger partial charge is 0.504 e. The lowest BCUT2D eigenvalue weighted by Crippen LogP contribution is -2.01. The Morgan fingerprint density at radius 2 is 1.15 bits per heavy atom. The van der Waals surface area contributed by atoms with E-state index in [2.05, 4.69) is 31.3 Å². The molecule has 1 heterocycles. The highest BCUT2D eigenvalue weighted by atomic mass is 16.5. The Morgan fingerprint density at radius 3 is 1.53 bits per heavy atom. The van der Waals surface area contributed by atoms with Gasteiger partial charge in [0.15, 0.2) is 34.6 Å². The molecule has 4 aromatic rings. The van der Waals surface area contributed by atoms with Gasteiger partial charge in [-0.1, -0.05) is 24.3 Å². The minimum Gasteiger partial charge on any atom is -0.504 e. The molecule has 0 unspecified atom stereocenters. The first-order valence-electron chi connectivity index (χ1n) is 10.2. The first-order chi connectivity index (χ1) is 16.6. The second-order valence-electron chi connectivity index (χ2n) is 7.05. The van der Waals surface area contributed by atoms with Crippen LogP contribution >= 0.6 is 0 Å². The predicted octanol–water partition coefficient (Wildman–Crippen LogP) is 3.95. The fourth-order valence-electron chi connectivity index (χ4n) is 3.18. The molecule has 4 N–H and O–H groups in total. The topological polar surface area (TPSA) is 133 Å². The van der Waals surface area contributed by atoms with E-state index in [1.54, 1.807) is 48.8 Å². The van der Waals surface area contributed by atoms with Crippen LogP contribution in [-0.2, 0) is 0 Å². The van der Waals surface area contributed by atoms with E-state index in [4.69, 9.17) is 9.47 Å². The van der Waals surface area contributed by atoms with Crippen molar-refractivity contribution in [2.75, 3.05) is 25.1 Å². The SMILES string of the molecule is COc1ccc(/C=N\Nc2nnc(N/N=C\c3ccc(OC)c(O)c3)c3ccccc23)cc1O. The van der Waals surface area contributed by atoms with Crippen LogP contribution in [0.5, 0.6) is 23.0 Å².